The third-order valence-electron chi connectivity index (χ3n) is 4.25. The Morgan fingerprint density at radius 1 is 1.39 bits per heavy atom. The summed E-state index contributed by atoms with van der Waals surface area (Å²) < 4.78 is 0. The fraction of sp³-hybridized carbons (Fsp3) is 0.765. The summed E-state index contributed by atoms with van der Waals surface area (Å²) in [5.74, 6) is 1.81. The molecule has 23 heavy (non-hydrogen) atoms. The first-order valence-corrected chi connectivity index (χ1v) is 9.71. The maximum absolute atomic E-state index is 4.70. The van der Waals surface area contributed by atoms with E-state index in [2.05, 4.69) is 46.7 Å². The number of aliphatic imine (C=N–C) groups is 1. The third kappa shape index (κ3) is 6.87. The minimum atomic E-state index is 0.861. The number of hydrogen-bond donors (Lipinski definition) is 2. The number of hydrogen-bond acceptors (Lipinski definition) is 4. The van der Waals surface area contributed by atoms with Gasteiger partial charge in [0.2, 0.25) is 0 Å². The monoisotopic (exact) mass is 337 g/mol. The van der Waals surface area contributed by atoms with Crippen molar-refractivity contribution < 1.29 is 0 Å². The first-order chi connectivity index (χ1) is 11.2. The van der Waals surface area contributed by atoms with Gasteiger partial charge < -0.3 is 15.5 Å². The Bertz CT molecular complexity index is 477. The molecule has 1 aliphatic rings. The average Bonchev–Trinajstić information content (AvgIpc) is 2.95. The molecular formula is C17H31N5S. The van der Waals surface area contributed by atoms with Gasteiger partial charge in [-0.2, -0.15) is 0 Å². The molecule has 0 aromatic carbocycles. The number of rotatable bonds is 7. The zero-order valence-corrected chi connectivity index (χ0v) is 15.6. The smallest absolute Gasteiger partial charge is 0.191 e. The second-order valence-corrected chi connectivity index (χ2v) is 7.38. The number of piperidine rings is 1. The van der Waals surface area contributed by atoms with Crippen molar-refractivity contribution in [2.75, 3.05) is 39.3 Å². The van der Waals surface area contributed by atoms with Gasteiger partial charge in [-0.1, -0.05) is 6.92 Å². The molecular weight excluding hydrogens is 306 g/mol. The largest absolute Gasteiger partial charge is 0.357 e. The van der Waals surface area contributed by atoms with E-state index in [9.17, 15) is 0 Å². The van der Waals surface area contributed by atoms with Crippen molar-refractivity contribution in [1.82, 2.24) is 20.5 Å². The standard InChI is InChI=1S/C17H31N5S/c1-4-18-17(19-8-5-16-13-23-15(3)21-16)20-9-12-22-10-6-14(2)7-11-22/h13-14H,4-12H2,1-3H3,(H2,18,19,20). The van der Waals surface area contributed by atoms with Gasteiger partial charge in [0, 0.05) is 31.4 Å². The number of aromatic nitrogens is 1. The Balaban J connectivity index is 1.69. The molecule has 0 aliphatic carbocycles. The molecule has 1 aromatic heterocycles. The Labute approximate surface area is 144 Å². The maximum atomic E-state index is 4.70. The number of nitrogens with zero attached hydrogens (tertiary/aromatic N) is 3. The van der Waals surface area contributed by atoms with Gasteiger partial charge in [0.25, 0.3) is 0 Å². The number of nitrogens with one attached hydrogen (secondary N) is 2. The predicted molar refractivity (Wildman–Crippen MR) is 99.4 cm³/mol. The van der Waals surface area contributed by atoms with Crippen molar-refractivity contribution >= 4 is 17.3 Å². The van der Waals surface area contributed by atoms with E-state index in [1.807, 2.05) is 0 Å². The number of likely N-dealkylation sites (tertiary alicyclic amines) is 1. The molecule has 130 valence electrons. The van der Waals surface area contributed by atoms with Gasteiger partial charge in [0.05, 0.1) is 17.2 Å². The SMILES string of the molecule is CCNC(=NCCN1CCC(C)CC1)NCCc1csc(C)n1. The summed E-state index contributed by atoms with van der Waals surface area (Å²) in [4.78, 5) is 11.7. The van der Waals surface area contributed by atoms with E-state index in [4.69, 9.17) is 4.99 Å². The summed E-state index contributed by atoms with van der Waals surface area (Å²) in [6.07, 6.45) is 3.60. The highest BCUT2D eigenvalue weighted by molar-refractivity contribution is 7.09. The highest BCUT2D eigenvalue weighted by atomic mass is 32.1. The van der Waals surface area contributed by atoms with E-state index >= 15 is 0 Å². The van der Waals surface area contributed by atoms with E-state index in [0.717, 1.165) is 49.5 Å². The molecule has 0 atom stereocenters. The number of guanidine groups is 1. The fourth-order valence-electron chi connectivity index (χ4n) is 2.76. The van der Waals surface area contributed by atoms with Crippen LogP contribution >= 0.6 is 11.3 Å². The van der Waals surface area contributed by atoms with Crippen LogP contribution < -0.4 is 10.6 Å². The fourth-order valence-corrected chi connectivity index (χ4v) is 3.41. The van der Waals surface area contributed by atoms with Crippen LogP contribution in [0.1, 0.15) is 37.4 Å². The van der Waals surface area contributed by atoms with Crippen LogP contribution in [0.15, 0.2) is 10.4 Å². The molecule has 1 aromatic rings. The maximum Gasteiger partial charge on any atom is 0.191 e. The zero-order valence-electron chi connectivity index (χ0n) is 14.8. The second kappa shape index (κ2) is 9.88. The van der Waals surface area contributed by atoms with Crippen molar-refractivity contribution in [1.29, 1.82) is 0 Å². The number of aryl methyl sites for hydroxylation is 1. The highest BCUT2D eigenvalue weighted by Gasteiger charge is 2.14. The average molecular weight is 338 g/mol. The van der Waals surface area contributed by atoms with Crippen LogP contribution in [0.5, 0.6) is 0 Å². The minimum Gasteiger partial charge on any atom is -0.357 e. The molecule has 2 N–H and O–H groups in total. The number of thiazole rings is 1. The summed E-state index contributed by atoms with van der Waals surface area (Å²) in [6, 6.07) is 0. The molecule has 5 nitrogen and oxygen atoms in total. The van der Waals surface area contributed by atoms with Crippen LogP contribution in [-0.2, 0) is 6.42 Å². The molecule has 0 unspecified atom stereocenters. The molecule has 2 rings (SSSR count). The van der Waals surface area contributed by atoms with Crippen LogP contribution in [0.25, 0.3) is 0 Å². The van der Waals surface area contributed by atoms with Crippen molar-refractivity contribution in [2.45, 2.75) is 40.0 Å². The normalized spacial score (nSPS) is 17.4. The Morgan fingerprint density at radius 2 is 2.17 bits per heavy atom. The summed E-state index contributed by atoms with van der Waals surface area (Å²) in [5.41, 5.74) is 1.17. The second-order valence-electron chi connectivity index (χ2n) is 6.32. The van der Waals surface area contributed by atoms with Crippen LogP contribution in [-0.4, -0.2) is 55.1 Å². The summed E-state index contributed by atoms with van der Waals surface area (Å²) >= 11 is 1.71. The molecule has 0 saturated carbocycles. The van der Waals surface area contributed by atoms with E-state index < -0.39 is 0 Å². The Hall–Kier alpha value is -1.14. The van der Waals surface area contributed by atoms with Gasteiger partial charge in [-0.05, 0) is 45.7 Å². The lowest BCUT2D eigenvalue weighted by Gasteiger charge is -2.29. The van der Waals surface area contributed by atoms with Crippen molar-refractivity contribution in [3.8, 4) is 0 Å². The third-order valence-corrected chi connectivity index (χ3v) is 5.07. The molecule has 0 spiro atoms. The van der Waals surface area contributed by atoms with Gasteiger partial charge >= 0.3 is 0 Å². The first-order valence-electron chi connectivity index (χ1n) is 8.83. The summed E-state index contributed by atoms with van der Waals surface area (Å²) in [6.45, 7) is 12.6. The van der Waals surface area contributed by atoms with E-state index in [0.29, 0.717) is 0 Å². The van der Waals surface area contributed by atoms with Crippen molar-refractivity contribution in [3.05, 3.63) is 16.1 Å². The lowest BCUT2D eigenvalue weighted by atomic mass is 9.99. The Morgan fingerprint density at radius 3 is 2.83 bits per heavy atom. The quantitative estimate of drug-likeness (QED) is 0.592. The predicted octanol–water partition coefficient (Wildman–Crippen LogP) is 2.28. The van der Waals surface area contributed by atoms with E-state index in [1.165, 1.54) is 31.6 Å². The zero-order chi connectivity index (χ0) is 16.5. The van der Waals surface area contributed by atoms with Crippen molar-refractivity contribution in [3.63, 3.8) is 0 Å². The van der Waals surface area contributed by atoms with Crippen LogP contribution in [0.2, 0.25) is 0 Å². The summed E-state index contributed by atoms with van der Waals surface area (Å²) in [5, 5.41) is 10.0. The van der Waals surface area contributed by atoms with Gasteiger partial charge in [-0.3, -0.25) is 4.99 Å². The molecule has 1 fully saturated rings. The molecule has 2 heterocycles. The lowest BCUT2D eigenvalue weighted by molar-refractivity contribution is 0.197. The molecule has 0 radical (unpaired) electrons. The van der Waals surface area contributed by atoms with Crippen molar-refractivity contribution in [2.24, 2.45) is 10.9 Å². The van der Waals surface area contributed by atoms with Gasteiger partial charge in [-0.25, -0.2) is 4.98 Å². The van der Waals surface area contributed by atoms with E-state index in [1.54, 1.807) is 11.3 Å². The Kier molecular flexibility index (Phi) is 7.82. The minimum absolute atomic E-state index is 0.861. The highest BCUT2D eigenvalue weighted by Crippen LogP contribution is 2.15. The lowest BCUT2D eigenvalue weighted by Crippen LogP contribution is -2.39. The van der Waals surface area contributed by atoms with Crippen LogP contribution in [0.3, 0.4) is 0 Å². The van der Waals surface area contributed by atoms with Crippen LogP contribution in [0, 0.1) is 12.8 Å². The molecule has 1 aliphatic heterocycles. The van der Waals surface area contributed by atoms with E-state index in [-0.39, 0.29) is 0 Å². The van der Waals surface area contributed by atoms with Gasteiger partial charge in [0.1, 0.15) is 0 Å². The van der Waals surface area contributed by atoms with Gasteiger partial charge in [0.15, 0.2) is 5.96 Å². The van der Waals surface area contributed by atoms with Crippen LogP contribution in [0.4, 0.5) is 0 Å². The molecule has 1 saturated heterocycles. The molecule has 0 bridgehead atoms. The first kappa shape index (κ1) is 18.2. The van der Waals surface area contributed by atoms with Gasteiger partial charge in [-0.15, -0.1) is 11.3 Å². The molecule has 0 amide bonds. The topological polar surface area (TPSA) is 52.6 Å². The summed E-state index contributed by atoms with van der Waals surface area (Å²) in [7, 11) is 0. The molecule has 6 heteroatoms.